The molecule has 4 rings (SSSR count). The van der Waals surface area contributed by atoms with E-state index in [1.54, 1.807) is 12.3 Å². The average molecular weight is 338 g/mol. The number of nitro groups is 1. The number of piperazine rings is 1. The van der Waals surface area contributed by atoms with Gasteiger partial charge in [-0.2, -0.15) is 0 Å². The summed E-state index contributed by atoms with van der Waals surface area (Å²) in [5.41, 5.74) is 2.77. The summed E-state index contributed by atoms with van der Waals surface area (Å²) in [5.74, 6) is -0.124. The van der Waals surface area contributed by atoms with Gasteiger partial charge in [0.1, 0.15) is 6.29 Å². The van der Waals surface area contributed by atoms with Crippen LogP contribution in [0.4, 0.5) is 17.2 Å². The molecule has 0 amide bonds. The quantitative estimate of drug-likeness (QED) is 0.484. The lowest BCUT2D eigenvalue weighted by atomic mass is 10.1. The van der Waals surface area contributed by atoms with Gasteiger partial charge in [-0.25, -0.2) is 0 Å². The van der Waals surface area contributed by atoms with Gasteiger partial charge in [0.15, 0.2) is 6.20 Å². The third-order valence-electron chi connectivity index (χ3n) is 5.09. The minimum absolute atomic E-state index is 0.124. The third-order valence-corrected chi connectivity index (χ3v) is 5.09. The van der Waals surface area contributed by atoms with E-state index < -0.39 is 4.92 Å². The lowest BCUT2D eigenvalue weighted by molar-refractivity contribution is -0.389. The van der Waals surface area contributed by atoms with Crippen LogP contribution in [-0.2, 0) is 0 Å². The van der Waals surface area contributed by atoms with E-state index in [9.17, 15) is 14.9 Å². The van der Waals surface area contributed by atoms with Crippen molar-refractivity contribution in [2.75, 3.05) is 22.9 Å². The highest BCUT2D eigenvalue weighted by atomic mass is 16.6. The molecule has 0 spiro atoms. The number of rotatable bonds is 4. The van der Waals surface area contributed by atoms with Gasteiger partial charge in [0.05, 0.1) is 5.69 Å². The number of carbonyl (C=O) groups is 1. The predicted molar refractivity (Wildman–Crippen MR) is 94.2 cm³/mol. The Kier molecular flexibility index (Phi) is 3.83. The Hall–Kier alpha value is -2.96. The van der Waals surface area contributed by atoms with E-state index in [1.165, 1.54) is 6.07 Å². The number of pyridine rings is 1. The molecule has 7 heteroatoms. The van der Waals surface area contributed by atoms with Crippen molar-refractivity contribution in [2.24, 2.45) is 0 Å². The average Bonchev–Trinajstić information content (AvgIpc) is 2.91. The molecule has 0 aliphatic carbocycles. The van der Waals surface area contributed by atoms with Crippen LogP contribution >= 0.6 is 0 Å². The zero-order valence-corrected chi connectivity index (χ0v) is 13.6. The normalized spacial score (nSPS) is 22.1. The molecule has 2 bridgehead atoms. The summed E-state index contributed by atoms with van der Waals surface area (Å²) in [4.78, 5) is 29.7. The van der Waals surface area contributed by atoms with Gasteiger partial charge < -0.3 is 19.9 Å². The molecule has 0 N–H and O–H groups in total. The lowest BCUT2D eigenvalue weighted by Crippen LogP contribution is -2.54. The number of aromatic nitrogens is 1. The Labute approximate surface area is 145 Å². The first kappa shape index (κ1) is 15.6. The van der Waals surface area contributed by atoms with Crippen molar-refractivity contribution in [1.82, 2.24) is 4.98 Å². The van der Waals surface area contributed by atoms with Crippen molar-refractivity contribution >= 4 is 23.5 Å². The van der Waals surface area contributed by atoms with Crippen LogP contribution in [0.3, 0.4) is 0 Å². The molecule has 7 nitrogen and oxygen atoms in total. The second-order valence-electron chi connectivity index (χ2n) is 6.54. The number of hydrogen-bond donors (Lipinski definition) is 0. The maximum absolute atomic E-state index is 10.8. The molecular weight excluding hydrogens is 320 g/mol. The number of aldehydes is 1. The van der Waals surface area contributed by atoms with Gasteiger partial charge >= 0.3 is 5.82 Å². The van der Waals surface area contributed by atoms with Crippen LogP contribution in [0, 0.1) is 10.1 Å². The van der Waals surface area contributed by atoms with Crippen LogP contribution in [0.1, 0.15) is 23.2 Å². The largest absolute Gasteiger partial charge is 0.364 e. The van der Waals surface area contributed by atoms with Crippen LogP contribution in [0.5, 0.6) is 0 Å². The zero-order chi connectivity index (χ0) is 17.4. The number of anilines is 2. The number of nitrogens with zero attached hydrogens (tertiary/aromatic N) is 4. The molecule has 2 unspecified atom stereocenters. The maximum Gasteiger partial charge on any atom is 0.363 e. The summed E-state index contributed by atoms with van der Waals surface area (Å²) in [5, 5.41) is 10.7. The molecule has 2 aromatic rings. The van der Waals surface area contributed by atoms with Crippen LogP contribution in [0.25, 0.3) is 0 Å². The second kappa shape index (κ2) is 6.16. The van der Waals surface area contributed by atoms with Crippen molar-refractivity contribution in [1.29, 1.82) is 0 Å². The van der Waals surface area contributed by atoms with E-state index in [-0.39, 0.29) is 5.82 Å². The minimum Gasteiger partial charge on any atom is -0.364 e. The first-order valence-electron chi connectivity index (χ1n) is 8.34. The molecular formula is C18H18N4O3. The summed E-state index contributed by atoms with van der Waals surface area (Å²) in [6.07, 6.45) is 4.69. The van der Waals surface area contributed by atoms with Crippen molar-refractivity contribution < 1.29 is 9.72 Å². The highest BCUT2D eigenvalue weighted by Crippen LogP contribution is 2.36. The molecule has 2 aliphatic rings. The molecule has 25 heavy (non-hydrogen) atoms. The summed E-state index contributed by atoms with van der Waals surface area (Å²) in [6.45, 7) is 1.73. The molecule has 2 fully saturated rings. The number of carbonyl (C=O) groups excluding carboxylic acids is 1. The van der Waals surface area contributed by atoms with Gasteiger partial charge in [-0.05, 0) is 53.1 Å². The van der Waals surface area contributed by atoms with Crippen molar-refractivity contribution in [2.45, 2.75) is 24.9 Å². The highest BCUT2D eigenvalue weighted by Gasteiger charge is 2.40. The summed E-state index contributed by atoms with van der Waals surface area (Å²) in [7, 11) is 0. The Morgan fingerprint density at radius 3 is 2.20 bits per heavy atom. The van der Waals surface area contributed by atoms with Crippen LogP contribution in [-0.4, -0.2) is 41.4 Å². The van der Waals surface area contributed by atoms with E-state index in [0.29, 0.717) is 17.6 Å². The Bertz CT molecular complexity index is 777. The van der Waals surface area contributed by atoms with Gasteiger partial charge in [0.2, 0.25) is 0 Å². The standard InChI is InChI=1S/C18H18N4O3/c23-12-13-1-3-14(4-2-13)21-16-5-6-17(21)11-20(10-16)15-7-8-18(19-9-15)22(24)25/h1-4,7-9,12,16-17H,5-6,10-11H2. The summed E-state index contributed by atoms with van der Waals surface area (Å²) in [6, 6.07) is 11.8. The fraction of sp³-hybridized carbons (Fsp3) is 0.333. The first-order valence-corrected chi connectivity index (χ1v) is 8.34. The Balaban J connectivity index is 1.52. The minimum atomic E-state index is -0.478. The van der Waals surface area contributed by atoms with Crippen molar-refractivity contribution in [3.05, 3.63) is 58.3 Å². The predicted octanol–water partition coefficient (Wildman–Crippen LogP) is 2.66. The molecule has 0 saturated carbocycles. The van der Waals surface area contributed by atoms with Gasteiger partial charge in [-0.3, -0.25) is 4.79 Å². The highest BCUT2D eigenvalue weighted by molar-refractivity contribution is 5.76. The van der Waals surface area contributed by atoms with E-state index in [4.69, 9.17) is 0 Å². The Morgan fingerprint density at radius 1 is 1.04 bits per heavy atom. The smallest absolute Gasteiger partial charge is 0.363 e. The summed E-state index contributed by atoms with van der Waals surface area (Å²) >= 11 is 0. The maximum atomic E-state index is 10.8. The molecule has 2 saturated heterocycles. The SMILES string of the molecule is O=Cc1ccc(N2C3CCC2CN(c2ccc([N+](=O)[O-])nc2)C3)cc1. The lowest BCUT2D eigenvalue weighted by Gasteiger charge is -2.43. The van der Waals surface area contributed by atoms with Crippen LogP contribution in [0.2, 0.25) is 0 Å². The van der Waals surface area contributed by atoms with Gasteiger partial charge in [-0.1, -0.05) is 0 Å². The number of benzene rings is 1. The van der Waals surface area contributed by atoms with Gasteiger partial charge in [0, 0.05) is 42.5 Å². The summed E-state index contributed by atoms with van der Waals surface area (Å²) < 4.78 is 0. The van der Waals surface area contributed by atoms with Crippen LogP contribution in [0.15, 0.2) is 42.6 Å². The van der Waals surface area contributed by atoms with Crippen molar-refractivity contribution in [3.8, 4) is 0 Å². The molecule has 0 radical (unpaired) electrons. The van der Waals surface area contributed by atoms with E-state index in [0.717, 1.165) is 43.6 Å². The number of hydrogen-bond acceptors (Lipinski definition) is 6. The van der Waals surface area contributed by atoms with Crippen LogP contribution < -0.4 is 9.80 Å². The van der Waals surface area contributed by atoms with Crippen molar-refractivity contribution in [3.63, 3.8) is 0 Å². The van der Waals surface area contributed by atoms with Gasteiger partial charge in [0.25, 0.3) is 0 Å². The molecule has 1 aromatic carbocycles. The Morgan fingerprint density at radius 2 is 1.68 bits per heavy atom. The molecule has 128 valence electrons. The molecule has 2 aliphatic heterocycles. The molecule has 1 aromatic heterocycles. The van der Waals surface area contributed by atoms with E-state index in [1.807, 2.05) is 24.3 Å². The fourth-order valence-electron chi connectivity index (χ4n) is 3.93. The fourth-order valence-corrected chi connectivity index (χ4v) is 3.93. The molecule has 3 heterocycles. The topological polar surface area (TPSA) is 79.6 Å². The number of fused-ring (bicyclic) bond motifs is 2. The zero-order valence-electron chi connectivity index (χ0n) is 13.6. The second-order valence-corrected chi connectivity index (χ2v) is 6.54. The third kappa shape index (κ3) is 2.82. The first-order chi connectivity index (χ1) is 12.2. The molecule has 2 atom stereocenters. The van der Waals surface area contributed by atoms with Gasteiger partial charge in [-0.15, -0.1) is 0 Å². The van der Waals surface area contributed by atoms with E-state index in [2.05, 4.69) is 14.8 Å². The monoisotopic (exact) mass is 338 g/mol. The van der Waals surface area contributed by atoms with E-state index >= 15 is 0 Å².